The van der Waals surface area contributed by atoms with E-state index in [0.717, 1.165) is 25.2 Å². The van der Waals surface area contributed by atoms with Crippen molar-refractivity contribution in [1.29, 1.82) is 0 Å². The number of pyridine rings is 1. The maximum atomic E-state index is 4.67. The summed E-state index contributed by atoms with van der Waals surface area (Å²) >= 11 is 5.29. The Balaban J connectivity index is 1.57. The maximum Gasteiger partial charge on any atom is 0.126 e. The SMILES string of the molecule is Brc1ccc(CCNc2ccc3c(n2)CCC3)s1. The maximum absolute atomic E-state index is 4.67. The van der Waals surface area contributed by atoms with E-state index in [4.69, 9.17) is 0 Å². The molecule has 1 aliphatic rings. The van der Waals surface area contributed by atoms with Crippen LogP contribution in [0.4, 0.5) is 5.82 Å². The molecule has 18 heavy (non-hydrogen) atoms. The van der Waals surface area contributed by atoms with Gasteiger partial charge in [-0.25, -0.2) is 4.98 Å². The summed E-state index contributed by atoms with van der Waals surface area (Å²) in [5.41, 5.74) is 2.72. The van der Waals surface area contributed by atoms with Gasteiger partial charge in [0, 0.05) is 17.1 Å². The van der Waals surface area contributed by atoms with E-state index in [1.165, 1.54) is 32.8 Å². The second-order valence-corrected chi connectivity index (χ2v) is 7.09. The van der Waals surface area contributed by atoms with Gasteiger partial charge in [-0.3, -0.25) is 0 Å². The van der Waals surface area contributed by atoms with Gasteiger partial charge in [0.15, 0.2) is 0 Å². The van der Waals surface area contributed by atoms with Crippen molar-refractivity contribution < 1.29 is 0 Å². The fourth-order valence-corrected chi connectivity index (χ4v) is 3.80. The lowest BCUT2D eigenvalue weighted by atomic mass is 10.2. The molecule has 2 heterocycles. The van der Waals surface area contributed by atoms with Crippen molar-refractivity contribution in [2.24, 2.45) is 0 Å². The summed E-state index contributed by atoms with van der Waals surface area (Å²) in [6.45, 7) is 0.943. The first-order chi connectivity index (χ1) is 8.81. The van der Waals surface area contributed by atoms with Gasteiger partial charge in [-0.05, 0) is 65.4 Å². The zero-order valence-corrected chi connectivity index (χ0v) is 12.5. The number of anilines is 1. The van der Waals surface area contributed by atoms with Crippen molar-refractivity contribution >= 4 is 33.1 Å². The lowest BCUT2D eigenvalue weighted by Crippen LogP contribution is -2.06. The molecule has 1 aliphatic carbocycles. The third kappa shape index (κ3) is 2.75. The van der Waals surface area contributed by atoms with E-state index in [1.807, 2.05) is 0 Å². The molecule has 1 N–H and O–H groups in total. The first kappa shape index (κ1) is 12.2. The van der Waals surface area contributed by atoms with E-state index in [9.17, 15) is 0 Å². The zero-order chi connectivity index (χ0) is 12.4. The molecule has 0 aliphatic heterocycles. The van der Waals surface area contributed by atoms with Gasteiger partial charge < -0.3 is 5.32 Å². The molecule has 0 amide bonds. The lowest BCUT2D eigenvalue weighted by Gasteiger charge is -2.06. The molecule has 0 unspecified atom stereocenters. The Labute approximate surface area is 120 Å². The molecule has 2 nitrogen and oxygen atoms in total. The number of fused-ring (bicyclic) bond motifs is 1. The number of nitrogens with zero attached hydrogens (tertiary/aromatic N) is 1. The summed E-state index contributed by atoms with van der Waals surface area (Å²) in [6, 6.07) is 8.61. The van der Waals surface area contributed by atoms with Gasteiger partial charge in [0.05, 0.1) is 3.79 Å². The van der Waals surface area contributed by atoms with Crippen LogP contribution in [0.15, 0.2) is 28.1 Å². The van der Waals surface area contributed by atoms with Crippen LogP contribution in [0.1, 0.15) is 22.6 Å². The van der Waals surface area contributed by atoms with E-state index in [-0.39, 0.29) is 0 Å². The minimum atomic E-state index is 0.943. The smallest absolute Gasteiger partial charge is 0.126 e. The van der Waals surface area contributed by atoms with Gasteiger partial charge in [0.25, 0.3) is 0 Å². The van der Waals surface area contributed by atoms with Gasteiger partial charge in [-0.2, -0.15) is 0 Å². The molecular formula is C14H15BrN2S. The van der Waals surface area contributed by atoms with Gasteiger partial charge >= 0.3 is 0 Å². The Kier molecular flexibility index (Phi) is 3.66. The van der Waals surface area contributed by atoms with Crippen LogP contribution in [0.2, 0.25) is 0 Å². The fourth-order valence-electron chi connectivity index (χ4n) is 2.32. The minimum absolute atomic E-state index is 0.943. The first-order valence-electron chi connectivity index (χ1n) is 6.28. The molecule has 0 aromatic carbocycles. The van der Waals surface area contributed by atoms with Crippen molar-refractivity contribution in [3.05, 3.63) is 44.2 Å². The number of nitrogens with one attached hydrogen (secondary N) is 1. The number of thiophene rings is 1. The number of hydrogen-bond donors (Lipinski definition) is 1. The van der Waals surface area contributed by atoms with E-state index < -0.39 is 0 Å². The Morgan fingerprint density at radius 2 is 2.17 bits per heavy atom. The van der Waals surface area contributed by atoms with Gasteiger partial charge in [-0.15, -0.1) is 11.3 Å². The van der Waals surface area contributed by atoms with E-state index in [0.29, 0.717) is 0 Å². The largest absolute Gasteiger partial charge is 0.370 e. The second-order valence-electron chi connectivity index (χ2n) is 4.54. The zero-order valence-electron chi connectivity index (χ0n) is 10.1. The van der Waals surface area contributed by atoms with Crippen LogP contribution in [0.3, 0.4) is 0 Å². The number of halogens is 1. The van der Waals surface area contributed by atoms with Crippen LogP contribution in [-0.2, 0) is 19.3 Å². The minimum Gasteiger partial charge on any atom is -0.370 e. The fraction of sp³-hybridized carbons (Fsp3) is 0.357. The highest BCUT2D eigenvalue weighted by molar-refractivity contribution is 9.11. The topological polar surface area (TPSA) is 24.9 Å². The highest BCUT2D eigenvalue weighted by Crippen LogP contribution is 2.23. The molecule has 94 valence electrons. The predicted molar refractivity (Wildman–Crippen MR) is 80.5 cm³/mol. The molecule has 0 radical (unpaired) electrons. The van der Waals surface area contributed by atoms with Crippen LogP contribution in [0, 0.1) is 0 Å². The van der Waals surface area contributed by atoms with Crippen molar-refractivity contribution in [3.63, 3.8) is 0 Å². The van der Waals surface area contributed by atoms with Gasteiger partial charge in [0.1, 0.15) is 5.82 Å². The molecule has 0 fully saturated rings. The Morgan fingerprint density at radius 3 is 3.00 bits per heavy atom. The van der Waals surface area contributed by atoms with E-state index in [1.54, 1.807) is 11.3 Å². The summed E-state index contributed by atoms with van der Waals surface area (Å²) in [5, 5.41) is 3.41. The van der Waals surface area contributed by atoms with Crippen LogP contribution in [0.5, 0.6) is 0 Å². The molecule has 0 saturated carbocycles. The van der Waals surface area contributed by atoms with Crippen LogP contribution in [-0.4, -0.2) is 11.5 Å². The van der Waals surface area contributed by atoms with Crippen molar-refractivity contribution in [3.8, 4) is 0 Å². The number of aryl methyl sites for hydroxylation is 2. The Morgan fingerprint density at radius 1 is 1.22 bits per heavy atom. The predicted octanol–water partition coefficient (Wildman–Crippen LogP) is 4.05. The number of rotatable bonds is 4. The monoisotopic (exact) mass is 322 g/mol. The van der Waals surface area contributed by atoms with Crippen molar-refractivity contribution in [2.45, 2.75) is 25.7 Å². The molecule has 4 heteroatoms. The van der Waals surface area contributed by atoms with Crippen molar-refractivity contribution in [1.82, 2.24) is 4.98 Å². The standard InChI is InChI=1S/C14H15BrN2S/c15-13-6-5-11(18-13)8-9-16-14-7-4-10-2-1-3-12(10)17-14/h4-7H,1-3,8-9H2,(H,16,17). The van der Waals surface area contributed by atoms with Gasteiger partial charge in [0.2, 0.25) is 0 Å². The normalized spacial score (nSPS) is 13.6. The number of aromatic nitrogens is 1. The molecule has 0 atom stereocenters. The highest BCUT2D eigenvalue weighted by atomic mass is 79.9. The summed E-state index contributed by atoms with van der Waals surface area (Å²) in [7, 11) is 0. The molecule has 0 saturated heterocycles. The Bertz CT molecular complexity index is 550. The molecule has 0 spiro atoms. The second kappa shape index (κ2) is 5.41. The third-order valence-electron chi connectivity index (χ3n) is 3.23. The summed E-state index contributed by atoms with van der Waals surface area (Å²) < 4.78 is 1.20. The van der Waals surface area contributed by atoms with Crippen LogP contribution < -0.4 is 5.32 Å². The average molecular weight is 323 g/mol. The molecule has 2 aromatic heterocycles. The molecule has 3 rings (SSSR count). The molecular weight excluding hydrogens is 308 g/mol. The Hall–Kier alpha value is -0.870. The van der Waals surface area contributed by atoms with E-state index in [2.05, 4.69) is 50.5 Å². The third-order valence-corrected chi connectivity index (χ3v) is 4.92. The van der Waals surface area contributed by atoms with Gasteiger partial charge in [-0.1, -0.05) is 6.07 Å². The van der Waals surface area contributed by atoms with Crippen LogP contribution >= 0.6 is 27.3 Å². The number of hydrogen-bond acceptors (Lipinski definition) is 3. The summed E-state index contributed by atoms with van der Waals surface area (Å²) in [4.78, 5) is 6.07. The van der Waals surface area contributed by atoms with Crippen molar-refractivity contribution in [2.75, 3.05) is 11.9 Å². The quantitative estimate of drug-likeness (QED) is 0.918. The summed E-state index contributed by atoms with van der Waals surface area (Å²) in [5.74, 6) is 1.02. The first-order valence-corrected chi connectivity index (χ1v) is 7.89. The molecule has 2 aromatic rings. The summed E-state index contributed by atoms with van der Waals surface area (Å²) in [6.07, 6.45) is 4.65. The average Bonchev–Trinajstić information content (AvgIpc) is 2.97. The molecule has 0 bridgehead atoms. The lowest BCUT2D eigenvalue weighted by molar-refractivity contribution is 0.898. The highest BCUT2D eigenvalue weighted by Gasteiger charge is 2.12. The van der Waals surface area contributed by atoms with E-state index >= 15 is 0 Å². The van der Waals surface area contributed by atoms with Crippen LogP contribution in [0.25, 0.3) is 0 Å².